The Morgan fingerprint density at radius 1 is 1.05 bits per heavy atom. The van der Waals surface area contributed by atoms with E-state index in [2.05, 4.69) is 31.2 Å². The van der Waals surface area contributed by atoms with Crippen LogP contribution < -0.4 is 4.74 Å². The van der Waals surface area contributed by atoms with Crippen LogP contribution in [0.25, 0.3) is 0 Å². The topological polar surface area (TPSA) is 33.0 Å². The largest absolute Gasteiger partial charge is 0.489 e. The van der Waals surface area contributed by atoms with Gasteiger partial charge in [-0.25, -0.2) is 0 Å². The van der Waals surface area contributed by atoms with Crippen LogP contribution >= 0.6 is 0 Å². The molecule has 21 heavy (non-hydrogen) atoms. The molecule has 0 saturated carbocycles. The summed E-state index contributed by atoms with van der Waals surface area (Å²) in [6.45, 7) is 2.69. The van der Waals surface area contributed by atoms with Crippen molar-refractivity contribution in [3.05, 3.63) is 77.9 Å². The van der Waals surface area contributed by atoms with Gasteiger partial charge >= 0.3 is 0 Å². The summed E-state index contributed by atoms with van der Waals surface area (Å²) in [4.78, 5) is 0. The smallest absolute Gasteiger partial charge is 0.119 e. The molecular formula is C19H19NO. The Kier molecular flexibility index (Phi) is 5.60. The molecule has 0 bridgehead atoms. The molecule has 2 aromatic rings. The molecule has 0 fully saturated rings. The summed E-state index contributed by atoms with van der Waals surface area (Å²) in [5.74, 6) is 1.24. The van der Waals surface area contributed by atoms with Crippen LogP contribution in [-0.4, -0.2) is 0 Å². The molecule has 2 heteroatoms. The van der Waals surface area contributed by atoms with Gasteiger partial charge in [0.25, 0.3) is 0 Å². The summed E-state index contributed by atoms with van der Waals surface area (Å²) < 4.78 is 5.76. The van der Waals surface area contributed by atoms with E-state index in [4.69, 9.17) is 10.00 Å². The molecule has 0 aliphatic rings. The minimum absolute atomic E-state index is 0.362. The molecule has 0 saturated heterocycles. The fourth-order valence-electron chi connectivity index (χ4n) is 2.11. The van der Waals surface area contributed by atoms with Crippen LogP contribution in [0.2, 0.25) is 0 Å². The van der Waals surface area contributed by atoms with Gasteiger partial charge in [0.15, 0.2) is 0 Å². The van der Waals surface area contributed by atoms with Crippen molar-refractivity contribution in [2.45, 2.75) is 20.0 Å². The molecule has 1 atom stereocenters. The van der Waals surface area contributed by atoms with Gasteiger partial charge in [-0.15, -0.1) is 0 Å². The van der Waals surface area contributed by atoms with Crippen LogP contribution in [0.4, 0.5) is 0 Å². The highest BCUT2D eigenvalue weighted by atomic mass is 16.5. The van der Waals surface area contributed by atoms with Gasteiger partial charge in [-0.1, -0.05) is 55.5 Å². The van der Waals surface area contributed by atoms with E-state index in [9.17, 15) is 0 Å². The fraction of sp³-hybridized carbons (Fsp3) is 0.211. The average Bonchev–Trinajstić information content (AvgIpc) is 2.53. The minimum atomic E-state index is 0.362. The first-order valence-electron chi connectivity index (χ1n) is 7.10. The standard InChI is InChI=1S/C19H19NO/c1-16(6-5-13-20)14-17-9-11-19(12-10-17)21-15-18-7-3-2-4-8-18/h2-12,16H,14-15H2,1H3/b6-5+/t16-/m0/s1. The van der Waals surface area contributed by atoms with Gasteiger partial charge in [-0.3, -0.25) is 0 Å². The summed E-state index contributed by atoms with van der Waals surface area (Å²) in [6.07, 6.45) is 4.40. The van der Waals surface area contributed by atoms with E-state index in [1.54, 1.807) is 6.08 Å². The highest BCUT2D eigenvalue weighted by Gasteiger charge is 2.01. The van der Waals surface area contributed by atoms with Crippen molar-refractivity contribution < 1.29 is 4.74 Å². The summed E-state index contributed by atoms with van der Waals surface area (Å²) >= 11 is 0. The summed E-state index contributed by atoms with van der Waals surface area (Å²) in [7, 11) is 0. The average molecular weight is 277 g/mol. The first-order valence-corrected chi connectivity index (χ1v) is 7.10. The van der Waals surface area contributed by atoms with Crippen molar-refractivity contribution in [3.8, 4) is 11.8 Å². The Morgan fingerprint density at radius 2 is 1.76 bits per heavy atom. The Bertz CT molecular complexity index is 608. The van der Waals surface area contributed by atoms with Crippen LogP contribution in [0, 0.1) is 17.2 Å². The molecular weight excluding hydrogens is 258 g/mol. The van der Waals surface area contributed by atoms with Gasteiger partial charge in [-0.05, 0) is 35.6 Å². The number of nitriles is 1. The highest BCUT2D eigenvalue weighted by Crippen LogP contribution is 2.17. The van der Waals surface area contributed by atoms with Crippen molar-refractivity contribution in [1.82, 2.24) is 0 Å². The number of allylic oxidation sites excluding steroid dienone is 2. The SMILES string of the molecule is C[C@@H](/C=C/C#N)Cc1ccc(OCc2ccccc2)cc1. The van der Waals surface area contributed by atoms with Crippen molar-refractivity contribution in [3.63, 3.8) is 0 Å². The van der Waals surface area contributed by atoms with Crippen LogP contribution in [0.15, 0.2) is 66.7 Å². The van der Waals surface area contributed by atoms with Crippen molar-refractivity contribution in [1.29, 1.82) is 5.26 Å². The Labute approximate surface area is 126 Å². The number of hydrogen-bond acceptors (Lipinski definition) is 2. The first kappa shape index (κ1) is 14.9. The van der Waals surface area contributed by atoms with Gasteiger partial charge in [0.1, 0.15) is 12.4 Å². The Hall–Kier alpha value is -2.53. The number of hydrogen-bond donors (Lipinski definition) is 0. The molecule has 0 N–H and O–H groups in total. The predicted molar refractivity (Wildman–Crippen MR) is 84.8 cm³/mol. The minimum Gasteiger partial charge on any atom is -0.489 e. The summed E-state index contributed by atoms with van der Waals surface area (Å²) in [5, 5.41) is 8.52. The van der Waals surface area contributed by atoms with E-state index in [0.29, 0.717) is 12.5 Å². The summed E-state index contributed by atoms with van der Waals surface area (Å²) in [5.41, 5.74) is 2.41. The second-order valence-electron chi connectivity index (χ2n) is 5.09. The molecule has 106 valence electrons. The van der Waals surface area contributed by atoms with Crippen molar-refractivity contribution in [2.75, 3.05) is 0 Å². The molecule has 0 heterocycles. The lowest BCUT2D eigenvalue weighted by Crippen LogP contribution is -1.97. The van der Waals surface area contributed by atoms with Crippen LogP contribution in [-0.2, 0) is 13.0 Å². The molecule has 2 nitrogen and oxygen atoms in total. The third-order valence-corrected chi connectivity index (χ3v) is 3.23. The molecule has 0 unspecified atom stereocenters. The quantitative estimate of drug-likeness (QED) is 0.727. The van der Waals surface area contributed by atoms with Gasteiger partial charge in [0.05, 0.1) is 6.07 Å². The molecule has 0 amide bonds. The van der Waals surface area contributed by atoms with E-state index in [1.165, 1.54) is 5.56 Å². The molecule has 0 aliphatic heterocycles. The summed E-state index contributed by atoms with van der Waals surface area (Å²) in [6, 6.07) is 20.3. The zero-order valence-corrected chi connectivity index (χ0v) is 12.2. The second kappa shape index (κ2) is 7.91. The lowest BCUT2D eigenvalue weighted by molar-refractivity contribution is 0.306. The Balaban J connectivity index is 1.87. The van der Waals surface area contributed by atoms with Gasteiger partial charge < -0.3 is 4.74 Å². The molecule has 0 aromatic heterocycles. The third-order valence-electron chi connectivity index (χ3n) is 3.23. The van der Waals surface area contributed by atoms with Crippen LogP contribution in [0.5, 0.6) is 5.75 Å². The van der Waals surface area contributed by atoms with Crippen molar-refractivity contribution in [2.24, 2.45) is 5.92 Å². The van der Waals surface area contributed by atoms with Gasteiger partial charge in [0, 0.05) is 6.08 Å². The van der Waals surface area contributed by atoms with Gasteiger partial charge in [0.2, 0.25) is 0 Å². The maximum atomic E-state index is 8.52. The fourth-order valence-corrected chi connectivity index (χ4v) is 2.11. The van der Waals surface area contributed by atoms with E-state index in [1.807, 2.05) is 42.5 Å². The number of benzene rings is 2. The predicted octanol–water partition coefficient (Wildman–Crippen LogP) is 4.52. The maximum Gasteiger partial charge on any atom is 0.119 e. The van der Waals surface area contributed by atoms with E-state index < -0.39 is 0 Å². The van der Waals surface area contributed by atoms with E-state index in [-0.39, 0.29) is 0 Å². The second-order valence-corrected chi connectivity index (χ2v) is 5.09. The monoisotopic (exact) mass is 277 g/mol. The zero-order valence-electron chi connectivity index (χ0n) is 12.2. The third kappa shape index (κ3) is 5.16. The molecule has 2 rings (SSSR count). The lowest BCUT2D eigenvalue weighted by Gasteiger charge is -2.09. The first-order chi connectivity index (χ1) is 10.3. The van der Waals surface area contributed by atoms with Crippen LogP contribution in [0.1, 0.15) is 18.1 Å². The normalized spacial score (nSPS) is 12.0. The van der Waals surface area contributed by atoms with Crippen molar-refractivity contribution >= 4 is 0 Å². The highest BCUT2D eigenvalue weighted by molar-refractivity contribution is 5.28. The lowest BCUT2D eigenvalue weighted by atomic mass is 10.0. The van der Waals surface area contributed by atoms with E-state index in [0.717, 1.165) is 17.7 Å². The number of rotatable bonds is 6. The molecule has 0 aliphatic carbocycles. The van der Waals surface area contributed by atoms with E-state index >= 15 is 0 Å². The molecule has 2 aromatic carbocycles. The van der Waals surface area contributed by atoms with Gasteiger partial charge in [-0.2, -0.15) is 5.26 Å². The number of nitrogens with zero attached hydrogens (tertiary/aromatic N) is 1. The molecule has 0 spiro atoms. The Morgan fingerprint density at radius 3 is 2.43 bits per heavy atom. The van der Waals surface area contributed by atoms with Crippen LogP contribution in [0.3, 0.4) is 0 Å². The molecule has 0 radical (unpaired) electrons. The maximum absolute atomic E-state index is 8.52. The zero-order chi connectivity index (χ0) is 14.9. The number of ether oxygens (including phenoxy) is 1.